The van der Waals surface area contributed by atoms with Crippen molar-refractivity contribution in [3.05, 3.63) is 102 Å². The topological polar surface area (TPSA) is 60.5 Å². The van der Waals surface area contributed by atoms with E-state index in [1.54, 1.807) is 0 Å². The van der Waals surface area contributed by atoms with E-state index < -0.39 is 0 Å². The summed E-state index contributed by atoms with van der Waals surface area (Å²) in [6.07, 6.45) is 0. The largest absolute Gasteiger partial charge is 0.483 e. The highest BCUT2D eigenvalue weighted by Crippen LogP contribution is 2.29. The minimum Gasteiger partial charge on any atom is -0.483 e. The third kappa shape index (κ3) is 5.02. The van der Waals surface area contributed by atoms with Crippen LogP contribution in [0.15, 0.2) is 102 Å². The molecule has 0 atom stereocenters. The van der Waals surface area contributed by atoms with E-state index >= 15 is 0 Å². The zero-order valence-corrected chi connectivity index (χ0v) is 18.4. The van der Waals surface area contributed by atoms with Crippen LogP contribution < -0.4 is 14.8 Å². The minimum absolute atomic E-state index is 0.0888. The predicted octanol–water partition coefficient (Wildman–Crippen LogP) is 6.77. The van der Waals surface area contributed by atoms with Crippen LogP contribution in [0.25, 0.3) is 22.0 Å². The van der Waals surface area contributed by atoms with Gasteiger partial charge in [-0.3, -0.25) is 10.1 Å². The number of aromatic nitrogens is 1. The molecule has 0 unspecified atom stereocenters. The van der Waals surface area contributed by atoms with Crippen LogP contribution in [0, 0.1) is 0 Å². The van der Waals surface area contributed by atoms with Crippen molar-refractivity contribution in [3.8, 4) is 28.5 Å². The van der Waals surface area contributed by atoms with Crippen molar-refractivity contribution in [2.75, 3.05) is 11.9 Å². The molecule has 0 saturated heterocycles. The normalized spacial score (nSPS) is 10.7. The van der Waals surface area contributed by atoms with E-state index in [9.17, 15) is 4.79 Å². The molecule has 0 aliphatic rings. The molecule has 0 bridgehead atoms. The van der Waals surface area contributed by atoms with Crippen LogP contribution in [0.2, 0.25) is 0 Å². The van der Waals surface area contributed by atoms with Crippen molar-refractivity contribution < 1.29 is 14.3 Å². The molecule has 6 heteroatoms. The highest BCUT2D eigenvalue weighted by atomic mass is 32.1. The quantitative estimate of drug-likeness (QED) is 0.296. The van der Waals surface area contributed by atoms with Crippen molar-refractivity contribution in [2.45, 2.75) is 0 Å². The number of carbonyl (C=O) groups is 1. The number of fused-ring (bicyclic) bond motifs is 1. The summed E-state index contributed by atoms with van der Waals surface area (Å²) in [5, 5.41) is 7.30. The van der Waals surface area contributed by atoms with E-state index in [2.05, 4.69) is 10.3 Å². The van der Waals surface area contributed by atoms with Gasteiger partial charge in [0.25, 0.3) is 5.91 Å². The van der Waals surface area contributed by atoms with Gasteiger partial charge in [0.05, 0.1) is 5.69 Å². The van der Waals surface area contributed by atoms with E-state index in [1.165, 1.54) is 11.3 Å². The summed E-state index contributed by atoms with van der Waals surface area (Å²) < 4.78 is 11.6. The molecule has 5 rings (SSSR count). The molecule has 1 N–H and O–H groups in total. The number of nitrogens with one attached hydrogen (secondary N) is 1. The number of para-hydroxylation sites is 1. The summed E-state index contributed by atoms with van der Waals surface area (Å²) in [7, 11) is 0. The Morgan fingerprint density at radius 2 is 1.55 bits per heavy atom. The number of anilines is 1. The van der Waals surface area contributed by atoms with Gasteiger partial charge in [-0.15, -0.1) is 11.3 Å². The van der Waals surface area contributed by atoms with Crippen LogP contribution >= 0.6 is 11.3 Å². The highest BCUT2D eigenvalue weighted by Gasteiger charge is 2.10. The van der Waals surface area contributed by atoms with Gasteiger partial charge in [0.1, 0.15) is 17.2 Å². The monoisotopic (exact) mass is 452 g/mol. The first-order valence-corrected chi connectivity index (χ1v) is 11.3. The van der Waals surface area contributed by atoms with Crippen LogP contribution in [0.4, 0.5) is 5.13 Å². The van der Waals surface area contributed by atoms with Crippen LogP contribution in [-0.2, 0) is 4.79 Å². The first-order chi connectivity index (χ1) is 16.2. The molecule has 33 heavy (non-hydrogen) atoms. The molecule has 5 nitrogen and oxygen atoms in total. The average molecular weight is 453 g/mol. The number of hydrogen-bond donors (Lipinski definition) is 1. The molecule has 0 aliphatic heterocycles. The number of rotatable bonds is 7. The molecule has 162 valence electrons. The van der Waals surface area contributed by atoms with Gasteiger partial charge in [-0.2, -0.15) is 0 Å². The Bertz CT molecular complexity index is 1380. The van der Waals surface area contributed by atoms with Gasteiger partial charge < -0.3 is 9.47 Å². The van der Waals surface area contributed by atoms with Crippen molar-refractivity contribution in [1.82, 2.24) is 4.98 Å². The smallest absolute Gasteiger partial charge is 0.264 e. The first kappa shape index (κ1) is 20.7. The van der Waals surface area contributed by atoms with E-state index in [1.807, 2.05) is 102 Å². The zero-order valence-electron chi connectivity index (χ0n) is 17.6. The fourth-order valence-corrected chi connectivity index (χ4v) is 4.14. The summed E-state index contributed by atoms with van der Waals surface area (Å²) in [5.74, 6) is 1.96. The van der Waals surface area contributed by atoms with Gasteiger partial charge >= 0.3 is 0 Å². The molecule has 0 radical (unpaired) electrons. The van der Waals surface area contributed by atoms with Crippen molar-refractivity contribution in [1.29, 1.82) is 0 Å². The fraction of sp³-hybridized carbons (Fsp3) is 0.0370. The molecule has 0 spiro atoms. The lowest BCUT2D eigenvalue weighted by Crippen LogP contribution is -2.20. The summed E-state index contributed by atoms with van der Waals surface area (Å²) in [6.45, 7) is -0.0888. The van der Waals surface area contributed by atoms with Crippen molar-refractivity contribution >= 4 is 33.1 Å². The summed E-state index contributed by atoms with van der Waals surface area (Å²) >= 11 is 1.37. The lowest BCUT2D eigenvalue weighted by Gasteiger charge is -2.08. The Hall–Kier alpha value is -4.16. The number of benzene rings is 4. The second-order valence-corrected chi connectivity index (χ2v) is 8.15. The molecular formula is C27H20N2O3S. The van der Waals surface area contributed by atoms with Crippen LogP contribution in [-0.4, -0.2) is 17.5 Å². The standard InChI is InChI=1S/C27H20N2O3S/c30-26(17-31-25-12-6-8-19-7-4-5-11-23(19)25)29-27-28-24(18-33-27)20-13-15-22(16-14-20)32-21-9-2-1-3-10-21/h1-16,18H,17H2,(H,28,29,30). The predicted molar refractivity (Wildman–Crippen MR) is 132 cm³/mol. The Balaban J connectivity index is 1.19. The molecule has 1 amide bonds. The number of ether oxygens (including phenoxy) is 2. The molecule has 0 saturated carbocycles. The zero-order chi connectivity index (χ0) is 22.5. The second kappa shape index (κ2) is 9.54. The third-order valence-electron chi connectivity index (χ3n) is 4.99. The molecule has 4 aromatic carbocycles. The van der Waals surface area contributed by atoms with E-state index in [-0.39, 0.29) is 12.5 Å². The molecular weight excluding hydrogens is 432 g/mol. The van der Waals surface area contributed by atoms with Crippen LogP contribution in [0.5, 0.6) is 17.2 Å². The lowest BCUT2D eigenvalue weighted by atomic mass is 10.1. The van der Waals surface area contributed by atoms with Crippen molar-refractivity contribution in [3.63, 3.8) is 0 Å². The van der Waals surface area contributed by atoms with Crippen LogP contribution in [0.1, 0.15) is 0 Å². The average Bonchev–Trinajstić information content (AvgIpc) is 3.32. The van der Waals surface area contributed by atoms with E-state index in [0.717, 1.165) is 33.5 Å². The van der Waals surface area contributed by atoms with E-state index in [0.29, 0.717) is 10.9 Å². The Kier molecular flexibility index (Phi) is 5.99. The number of thiazole rings is 1. The molecule has 0 aliphatic carbocycles. The Labute approximate surface area is 195 Å². The SMILES string of the molecule is O=C(COc1cccc2ccccc12)Nc1nc(-c2ccc(Oc3ccccc3)cc2)cs1. The van der Waals surface area contributed by atoms with Crippen LogP contribution in [0.3, 0.4) is 0 Å². The first-order valence-electron chi connectivity index (χ1n) is 10.4. The third-order valence-corrected chi connectivity index (χ3v) is 5.75. The molecule has 0 fully saturated rings. The molecule has 1 aromatic heterocycles. The number of amides is 1. The van der Waals surface area contributed by atoms with Gasteiger partial charge in [0.2, 0.25) is 0 Å². The number of hydrogen-bond acceptors (Lipinski definition) is 5. The molecule has 1 heterocycles. The van der Waals surface area contributed by atoms with E-state index in [4.69, 9.17) is 9.47 Å². The maximum Gasteiger partial charge on any atom is 0.264 e. The second-order valence-electron chi connectivity index (χ2n) is 7.29. The van der Waals surface area contributed by atoms with Gasteiger partial charge in [-0.25, -0.2) is 4.98 Å². The fourth-order valence-electron chi connectivity index (χ4n) is 3.40. The molecule has 5 aromatic rings. The Morgan fingerprint density at radius 3 is 2.39 bits per heavy atom. The van der Waals surface area contributed by atoms with Gasteiger partial charge in [0.15, 0.2) is 11.7 Å². The lowest BCUT2D eigenvalue weighted by molar-refractivity contribution is -0.118. The highest BCUT2D eigenvalue weighted by molar-refractivity contribution is 7.14. The maximum atomic E-state index is 12.4. The minimum atomic E-state index is -0.254. The summed E-state index contributed by atoms with van der Waals surface area (Å²) in [5.41, 5.74) is 1.73. The summed E-state index contributed by atoms with van der Waals surface area (Å²) in [4.78, 5) is 16.9. The van der Waals surface area contributed by atoms with Gasteiger partial charge in [0, 0.05) is 16.3 Å². The van der Waals surface area contributed by atoms with Gasteiger partial charge in [-0.05, 0) is 47.9 Å². The van der Waals surface area contributed by atoms with Crippen molar-refractivity contribution in [2.24, 2.45) is 0 Å². The Morgan fingerprint density at radius 1 is 0.818 bits per heavy atom. The number of nitrogens with zero attached hydrogens (tertiary/aromatic N) is 1. The van der Waals surface area contributed by atoms with Gasteiger partial charge in [-0.1, -0.05) is 54.6 Å². The maximum absolute atomic E-state index is 12.4. The summed E-state index contributed by atoms with van der Waals surface area (Å²) in [6, 6.07) is 31.0. The number of carbonyl (C=O) groups excluding carboxylic acids is 1.